The van der Waals surface area contributed by atoms with Crippen molar-refractivity contribution < 1.29 is 96.5 Å². The van der Waals surface area contributed by atoms with Gasteiger partial charge in [-0.25, -0.2) is 9.59 Å². The number of esters is 2. The van der Waals surface area contributed by atoms with Gasteiger partial charge in [0.1, 0.15) is 23.5 Å². The summed E-state index contributed by atoms with van der Waals surface area (Å²) in [6.07, 6.45) is 1.20. The van der Waals surface area contributed by atoms with Crippen LogP contribution in [0.15, 0.2) is 70.6 Å². The van der Waals surface area contributed by atoms with Gasteiger partial charge in [0.15, 0.2) is 42.6 Å². The van der Waals surface area contributed by atoms with Crippen LogP contribution in [0, 0.1) is 40.9 Å². The van der Waals surface area contributed by atoms with E-state index in [9.17, 15) is 39.6 Å². The number of amides is 1. The largest absolute Gasteiger partial charge is 0.511 e. The number of carbonyl (C=O) groups excluding carboxylic acids is 5. The molecule has 5 saturated heterocycles. The number of Topliss-reactive ketones (excluding diaryl/α,β-unsaturated/α-hetero) is 1. The lowest BCUT2D eigenvalue weighted by Gasteiger charge is -2.56. The molecule has 2 bridgehead atoms. The number of rotatable bonds is 12. The number of methoxy groups -OCH3 is 1. The van der Waals surface area contributed by atoms with Crippen LogP contribution in [0.25, 0.3) is 0 Å². The topological polar surface area (TPSA) is 306 Å². The SMILES string of the molecule is COC(=O)N[C@H]1[C@@H](C)O[C@@H](O[C@H]2C/C=C(\C)[C@@H]3C=C[C@@H]4[C@@H](O[C@H]5C[C@@H](O[C@H]6CC[C@@H](O[C@@H]7C[C@@H](O)[C@@H](O)[C@H](C)O7)[C@H](C)O6)[C@@H](OC(C)=O)[C@H](C)O5)[C@@H](C)C[C@H](C)[C@H]4[C@]3(C)/C(O)=C3\C(=O)O[C@]4(CC(/C=C/C(C)=O)=C[C@H](O)[C@H]4/C=C/2C)C3=O)C[C@]1(C)N. The summed E-state index contributed by atoms with van der Waals surface area (Å²) in [5.41, 5.74) is 3.68. The average Bonchev–Trinajstić information content (AvgIpc) is 1.33. The molecule has 26 atom stereocenters. The van der Waals surface area contributed by atoms with E-state index in [0.717, 1.165) is 5.57 Å². The third-order valence-electron chi connectivity index (χ3n) is 19.9. The Labute approximate surface area is 504 Å². The van der Waals surface area contributed by atoms with E-state index < -0.39 is 180 Å². The number of nitrogens with two attached hydrogens (primary N) is 1. The highest BCUT2D eigenvalue weighted by atomic mass is 16.7. The van der Waals surface area contributed by atoms with Crippen molar-refractivity contribution in [3.8, 4) is 0 Å². The summed E-state index contributed by atoms with van der Waals surface area (Å²) in [5.74, 6) is -6.02. The van der Waals surface area contributed by atoms with Crippen molar-refractivity contribution in [1.82, 2.24) is 5.32 Å². The maximum absolute atomic E-state index is 15.7. The lowest BCUT2D eigenvalue weighted by molar-refractivity contribution is -0.323. The second kappa shape index (κ2) is 26.0. The van der Waals surface area contributed by atoms with Crippen molar-refractivity contribution in [1.29, 1.82) is 0 Å². The van der Waals surface area contributed by atoms with Crippen molar-refractivity contribution in [2.24, 2.45) is 46.7 Å². The van der Waals surface area contributed by atoms with Gasteiger partial charge in [0.05, 0.1) is 74.0 Å². The molecular weight excluding hydrogens is 1120 g/mol. The summed E-state index contributed by atoms with van der Waals surface area (Å²) >= 11 is 0. The van der Waals surface area contributed by atoms with E-state index >= 15 is 4.79 Å². The molecule has 0 aromatic heterocycles. The van der Waals surface area contributed by atoms with Crippen molar-refractivity contribution >= 4 is 29.6 Å². The molecule has 478 valence electrons. The van der Waals surface area contributed by atoms with Crippen molar-refractivity contribution in [3.05, 3.63) is 70.6 Å². The standard InChI is InChI=1S/C64H92N2O20/c1-29-14-19-45(82-51-28-62(11,65)57(37(9)80-51)66-61(75)76-13)30(2)23-42-43(69)24-39(16-15-33(5)67)27-64(42)59(73)52(60(74)86-64)58(72)63(12)41(29)18-17-40-53(63)31(3)22-32(4)55(40)85-50-26-47(56(36(8)79-50)81-38(10)68)84-48-21-20-46(34(6)77-48)83-49-25-44(70)54(71)35(7)78-49/h14-18,23-24,31-32,34-37,40-51,53-57,69-72H,19-22,25-28,65H2,1-13H3,(H,66,75)/b16-15+,29-14+,30-23+,58-52+/t31-,32-,34-,35-,36-,37+,40-,41-,42+,43-,44+,45-,46+,47+,48-,49+,50-,51-,53+,54-,55-,56-,57-,62-,63+,64-/m0/s1. The molecular formula is C64H92N2O20. The van der Waals surface area contributed by atoms with Gasteiger partial charge in [-0.1, -0.05) is 62.8 Å². The van der Waals surface area contributed by atoms with Gasteiger partial charge in [0, 0.05) is 61.8 Å². The van der Waals surface area contributed by atoms with Crippen molar-refractivity contribution in [2.75, 3.05) is 7.11 Å². The van der Waals surface area contributed by atoms with Gasteiger partial charge in [-0.05, 0) is 110 Å². The van der Waals surface area contributed by atoms with Crippen molar-refractivity contribution in [3.63, 3.8) is 0 Å². The third-order valence-corrected chi connectivity index (χ3v) is 19.9. The lowest BCUT2D eigenvalue weighted by Crippen LogP contribution is -2.66. The molecule has 86 heavy (non-hydrogen) atoms. The molecule has 1 amide bonds. The molecule has 0 radical (unpaired) electrons. The molecule has 0 aromatic carbocycles. The number of ether oxygens (including phenoxy) is 11. The summed E-state index contributed by atoms with van der Waals surface area (Å²) in [6, 6.07) is -0.634. The van der Waals surface area contributed by atoms with Crippen LogP contribution in [0.3, 0.4) is 0 Å². The first kappa shape index (κ1) is 65.7. The zero-order valence-electron chi connectivity index (χ0n) is 51.9. The maximum Gasteiger partial charge on any atom is 0.407 e. The van der Waals surface area contributed by atoms with Crippen LogP contribution < -0.4 is 11.1 Å². The first-order valence-corrected chi connectivity index (χ1v) is 30.7. The van der Waals surface area contributed by atoms with Crippen LogP contribution in [-0.4, -0.2) is 173 Å². The Hall–Kier alpha value is -4.69. The maximum atomic E-state index is 15.7. The van der Waals surface area contributed by atoms with E-state index in [4.69, 9.17) is 57.8 Å². The van der Waals surface area contributed by atoms with Crippen LogP contribution >= 0.6 is 0 Å². The van der Waals surface area contributed by atoms with Crippen LogP contribution in [-0.2, 0) is 71.3 Å². The monoisotopic (exact) mass is 1210 g/mol. The van der Waals surface area contributed by atoms with Crippen LogP contribution in [0.4, 0.5) is 4.79 Å². The number of aliphatic hydroxyl groups excluding tert-OH is 4. The second-order valence-corrected chi connectivity index (χ2v) is 26.4. The molecule has 0 aromatic rings. The van der Waals surface area contributed by atoms with E-state index in [1.165, 1.54) is 39.2 Å². The number of nitrogens with one attached hydrogen (secondary N) is 1. The van der Waals surface area contributed by atoms with Crippen LogP contribution in [0.2, 0.25) is 0 Å². The van der Waals surface area contributed by atoms with E-state index in [-0.39, 0.29) is 49.7 Å². The average molecular weight is 1210 g/mol. The summed E-state index contributed by atoms with van der Waals surface area (Å²) in [7, 11) is 1.26. The number of hydrogen-bond donors (Lipinski definition) is 6. The molecule has 5 heterocycles. The Kier molecular flexibility index (Phi) is 19.9. The Morgan fingerprint density at radius 1 is 0.767 bits per heavy atom. The van der Waals surface area contributed by atoms with Gasteiger partial charge < -0.3 is 83.6 Å². The zero-order chi connectivity index (χ0) is 62.6. The number of ketones is 2. The molecule has 9 rings (SSSR count). The Morgan fingerprint density at radius 2 is 1.44 bits per heavy atom. The summed E-state index contributed by atoms with van der Waals surface area (Å²) < 4.78 is 69.3. The molecule has 9 aliphatic rings. The van der Waals surface area contributed by atoms with E-state index in [1.54, 1.807) is 40.7 Å². The molecule has 7 N–H and O–H groups in total. The highest BCUT2D eigenvalue weighted by molar-refractivity contribution is 6.26. The molecule has 1 spiro atoms. The fourth-order valence-corrected chi connectivity index (χ4v) is 15.6. The van der Waals surface area contributed by atoms with Crippen molar-refractivity contribution in [2.45, 2.75) is 250 Å². The van der Waals surface area contributed by atoms with Gasteiger partial charge in [-0.3, -0.25) is 14.4 Å². The normalized spacial score (nSPS) is 47.6. The quantitative estimate of drug-likeness (QED) is 0.0424. The summed E-state index contributed by atoms with van der Waals surface area (Å²) in [4.78, 5) is 67.9. The van der Waals surface area contributed by atoms with E-state index in [1.807, 2.05) is 32.9 Å². The number of hydrogen-bond acceptors (Lipinski definition) is 21. The third kappa shape index (κ3) is 13.2. The molecule has 1 saturated carbocycles. The van der Waals surface area contributed by atoms with Gasteiger partial charge in [-0.2, -0.15) is 0 Å². The Balaban J connectivity index is 1.04. The first-order chi connectivity index (χ1) is 40.4. The Bertz CT molecular complexity index is 2740. The highest BCUT2D eigenvalue weighted by Gasteiger charge is 2.65. The Morgan fingerprint density at radius 3 is 2.10 bits per heavy atom. The fraction of sp³-hybridized carbons (Fsp3) is 0.734. The van der Waals surface area contributed by atoms with E-state index in [0.29, 0.717) is 30.4 Å². The molecule has 5 aliphatic heterocycles. The minimum Gasteiger partial charge on any atom is -0.511 e. The minimum absolute atomic E-state index is 0.0839. The molecule has 4 aliphatic carbocycles. The van der Waals surface area contributed by atoms with Gasteiger partial charge in [0.25, 0.3) is 0 Å². The van der Waals surface area contributed by atoms with Crippen LogP contribution in [0.5, 0.6) is 0 Å². The number of aliphatic hydroxyl groups is 4. The number of fused-ring (bicyclic) bond motifs is 4. The van der Waals surface area contributed by atoms with Crippen LogP contribution in [0.1, 0.15) is 134 Å². The molecule has 0 unspecified atom stereocenters. The molecule has 22 nitrogen and oxygen atoms in total. The number of allylic oxidation sites excluding steroid dienone is 5. The predicted molar refractivity (Wildman–Crippen MR) is 308 cm³/mol. The fourth-order valence-electron chi connectivity index (χ4n) is 15.6. The number of carbonyl (C=O) groups is 5. The smallest absolute Gasteiger partial charge is 0.407 e. The zero-order valence-corrected chi connectivity index (χ0v) is 51.9. The summed E-state index contributed by atoms with van der Waals surface area (Å²) in [6.45, 7) is 21.5. The van der Waals surface area contributed by atoms with Gasteiger partial charge in [-0.15, -0.1) is 0 Å². The van der Waals surface area contributed by atoms with Gasteiger partial charge in [0.2, 0.25) is 5.78 Å². The summed E-state index contributed by atoms with van der Waals surface area (Å²) in [5, 5.41) is 48.9. The predicted octanol–water partition coefficient (Wildman–Crippen LogP) is 6.08. The second-order valence-electron chi connectivity index (χ2n) is 26.4. The van der Waals surface area contributed by atoms with E-state index in [2.05, 4.69) is 25.2 Å². The lowest BCUT2D eigenvalue weighted by atomic mass is 9.49. The molecule has 22 heteroatoms. The minimum atomic E-state index is -2.06. The van der Waals surface area contributed by atoms with Gasteiger partial charge >= 0.3 is 18.0 Å². The highest BCUT2D eigenvalue weighted by Crippen LogP contribution is 2.61. The first-order valence-electron chi connectivity index (χ1n) is 30.7. The molecule has 6 fully saturated rings. The number of alkyl carbamates (subject to hydrolysis) is 1.